The Labute approximate surface area is 109 Å². The summed E-state index contributed by atoms with van der Waals surface area (Å²) in [7, 11) is 2.84. The Balaban J connectivity index is 2.56. The van der Waals surface area contributed by atoms with Crippen LogP contribution in [0.5, 0.6) is 5.75 Å². The van der Waals surface area contributed by atoms with Crippen LogP contribution in [0.15, 0.2) is 18.2 Å². The number of aromatic amines is 1. The standard InChI is InChI=1S/C13H14N2O4/c1-7(16)14-8-4-10-9(12(5-8)18-2)6-11(15-10)13(17)19-3/h4-6,15H,1-3H3,(H,14,16). The van der Waals surface area contributed by atoms with Crippen molar-refractivity contribution >= 4 is 28.5 Å². The summed E-state index contributed by atoms with van der Waals surface area (Å²) in [6.45, 7) is 1.42. The second-order valence-corrected chi connectivity index (χ2v) is 4.00. The molecule has 0 bridgehead atoms. The van der Waals surface area contributed by atoms with Gasteiger partial charge in [-0.05, 0) is 12.1 Å². The largest absolute Gasteiger partial charge is 0.496 e. The molecule has 1 aromatic heterocycles. The third-order valence-electron chi connectivity index (χ3n) is 2.65. The fourth-order valence-corrected chi connectivity index (χ4v) is 1.87. The van der Waals surface area contributed by atoms with Crippen molar-refractivity contribution in [2.75, 3.05) is 19.5 Å². The molecule has 0 aliphatic carbocycles. The van der Waals surface area contributed by atoms with Crippen molar-refractivity contribution < 1.29 is 19.1 Å². The second-order valence-electron chi connectivity index (χ2n) is 4.00. The van der Waals surface area contributed by atoms with Gasteiger partial charge in [-0.1, -0.05) is 0 Å². The van der Waals surface area contributed by atoms with Gasteiger partial charge in [0, 0.05) is 24.1 Å². The number of amides is 1. The maximum absolute atomic E-state index is 11.5. The molecule has 6 heteroatoms. The van der Waals surface area contributed by atoms with Crippen LogP contribution in [-0.4, -0.2) is 31.1 Å². The van der Waals surface area contributed by atoms with Gasteiger partial charge in [0.2, 0.25) is 5.91 Å². The van der Waals surface area contributed by atoms with E-state index in [0.717, 1.165) is 5.39 Å². The lowest BCUT2D eigenvalue weighted by Crippen LogP contribution is -2.05. The minimum absolute atomic E-state index is 0.179. The van der Waals surface area contributed by atoms with Crippen LogP contribution in [0.2, 0.25) is 0 Å². The van der Waals surface area contributed by atoms with Crippen molar-refractivity contribution in [3.05, 3.63) is 23.9 Å². The van der Waals surface area contributed by atoms with Crippen molar-refractivity contribution in [3.63, 3.8) is 0 Å². The maximum atomic E-state index is 11.5. The van der Waals surface area contributed by atoms with E-state index in [1.54, 1.807) is 18.2 Å². The molecule has 0 saturated carbocycles. The monoisotopic (exact) mass is 262 g/mol. The fraction of sp³-hybridized carbons (Fsp3) is 0.231. The van der Waals surface area contributed by atoms with Gasteiger partial charge in [0.15, 0.2) is 0 Å². The smallest absolute Gasteiger partial charge is 0.354 e. The minimum Gasteiger partial charge on any atom is -0.496 e. The topological polar surface area (TPSA) is 80.4 Å². The molecule has 0 atom stereocenters. The van der Waals surface area contributed by atoms with Crippen LogP contribution in [0.1, 0.15) is 17.4 Å². The Morgan fingerprint density at radius 3 is 2.53 bits per heavy atom. The predicted octanol–water partition coefficient (Wildman–Crippen LogP) is 1.92. The molecule has 2 aromatic rings. The van der Waals surface area contributed by atoms with Crippen LogP contribution in [-0.2, 0) is 9.53 Å². The number of ether oxygens (including phenoxy) is 2. The molecule has 1 heterocycles. The number of nitrogens with one attached hydrogen (secondary N) is 2. The number of H-pyrrole nitrogens is 1. The molecule has 2 rings (SSSR count). The van der Waals surface area contributed by atoms with Gasteiger partial charge in [-0.15, -0.1) is 0 Å². The summed E-state index contributed by atoms with van der Waals surface area (Å²) in [6, 6.07) is 5.07. The first kappa shape index (κ1) is 12.9. The van der Waals surface area contributed by atoms with Crippen molar-refractivity contribution in [1.82, 2.24) is 4.98 Å². The van der Waals surface area contributed by atoms with Gasteiger partial charge in [-0.25, -0.2) is 4.79 Å². The average Bonchev–Trinajstić information content (AvgIpc) is 2.79. The van der Waals surface area contributed by atoms with Crippen LogP contribution >= 0.6 is 0 Å². The Hall–Kier alpha value is -2.50. The van der Waals surface area contributed by atoms with E-state index < -0.39 is 5.97 Å². The van der Waals surface area contributed by atoms with Gasteiger partial charge >= 0.3 is 5.97 Å². The molecule has 0 aliphatic heterocycles. The van der Waals surface area contributed by atoms with E-state index in [1.165, 1.54) is 21.1 Å². The number of benzene rings is 1. The SMILES string of the molecule is COC(=O)c1cc2c(OC)cc(NC(C)=O)cc2[nH]1. The summed E-state index contributed by atoms with van der Waals surface area (Å²) < 4.78 is 9.91. The lowest BCUT2D eigenvalue weighted by Gasteiger charge is -2.06. The number of methoxy groups -OCH3 is 2. The van der Waals surface area contributed by atoms with Gasteiger partial charge in [0.05, 0.1) is 19.7 Å². The summed E-state index contributed by atoms with van der Waals surface area (Å²) in [5.74, 6) is -0.0758. The summed E-state index contributed by atoms with van der Waals surface area (Å²) >= 11 is 0. The van der Waals surface area contributed by atoms with Gasteiger partial charge in [-0.2, -0.15) is 0 Å². The molecule has 0 aliphatic rings. The first-order chi connectivity index (χ1) is 9.05. The zero-order chi connectivity index (χ0) is 14.0. The normalized spacial score (nSPS) is 10.3. The highest BCUT2D eigenvalue weighted by Gasteiger charge is 2.13. The number of carbonyl (C=O) groups is 2. The highest BCUT2D eigenvalue weighted by atomic mass is 16.5. The van der Waals surface area contributed by atoms with Gasteiger partial charge < -0.3 is 19.8 Å². The van der Waals surface area contributed by atoms with Crippen LogP contribution in [0, 0.1) is 0 Å². The molecule has 100 valence electrons. The molecule has 0 saturated heterocycles. The molecule has 19 heavy (non-hydrogen) atoms. The molecule has 6 nitrogen and oxygen atoms in total. The van der Waals surface area contributed by atoms with Crippen LogP contribution in [0.25, 0.3) is 10.9 Å². The first-order valence-corrected chi connectivity index (χ1v) is 5.62. The summed E-state index contributed by atoms with van der Waals surface area (Å²) in [5, 5.41) is 3.42. The fourth-order valence-electron chi connectivity index (χ4n) is 1.87. The van der Waals surface area contributed by atoms with E-state index >= 15 is 0 Å². The second kappa shape index (κ2) is 5.01. The lowest BCUT2D eigenvalue weighted by atomic mass is 10.2. The number of fused-ring (bicyclic) bond motifs is 1. The summed E-state index contributed by atoms with van der Waals surface area (Å²) in [6.07, 6.45) is 0. The van der Waals surface area contributed by atoms with Crippen molar-refractivity contribution in [3.8, 4) is 5.75 Å². The lowest BCUT2D eigenvalue weighted by molar-refractivity contribution is -0.114. The zero-order valence-corrected chi connectivity index (χ0v) is 10.9. The first-order valence-electron chi connectivity index (χ1n) is 5.62. The number of rotatable bonds is 3. The van der Waals surface area contributed by atoms with Crippen molar-refractivity contribution in [2.24, 2.45) is 0 Å². The number of anilines is 1. The van der Waals surface area contributed by atoms with Crippen molar-refractivity contribution in [2.45, 2.75) is 6.92 Å². The minimum atomic E-state index is -0.459. The highest BCUT2D eigenvalue weighted by molar-refractivity contribution is 6.00. The summed E-state index contributed by atoms with van der Waals surface area (Å²) in [5.41, 5.74) is 1.61. The Kier molecular flexibility index (Phi) is 3.41. The highest BCUT2D eigenvalue weighted by Crippen LogP contribution is 2.30. The molecule has 2 N–H and O–H groups in total. The van der Waals surface area contributed by atoms with Gasteiger partial charge in [0.25, 0.3) is 0 Å². The number of aromatic nitrogens is 1. The van der Waals surface area contributed by atoms with Crippen molar-refractivity contribution in [1.29, 1.82) is 0 Å². The van der Waals surface area contributed by atoms with E-state index in [2.05, 4.69) is 15.0 Å². The number of hydrogen-bond acceptors (Lipinski definition) is 4. The van der Waals surface area contributed by atoms with E-state index in [9.17, 15) is 9.59 Å². The molecular weight excluding hydrogens is 248 g/mol. The Morgan fingerprint density at radius 1 is 1.21 bits per heavy atom. The zero-order valence-electron chi connectivity index (χ0n) is 10.9. The van der Waals surface area contributed by atoms with Crippen LogP contribution in [0.3, 0.4) is 0 Å². The maximum Gasteiger partial charge on any atom is 0.354 e. The molecule has 0 spiro atoms. The van der Waals surface area contributed by atoms with E-state index in [0.29, 0.717) is 22.6 Å². The molecule has 1 aromatic carbocycles. The van der Waals surface area contributed by atoms with E-state index in [1.807, 2.05) is 0 Å². The van der Waals surface area contributed by atoms with E-state index in [4.69, 9.17) is 4.74 Å². The van der Waals surface area contributed by atoms with E-state index in [-0.39, 0.29) is 5.91 Å². The predicted molar refractivity (Wildman–Crippen MR) is 70.5 cm³/mol. The number of carbonyl (C=O) groups excluding carboxylic acids is 2. The number of hydrogen-bond donors (Lipinski definition) is 2. The van der Waals surface area contributed by atoms with Gasteiger partial charge in [0.1, 0.15) is 11.4 Å². The molecule has 1 amide bonds. The molecule has 0 fully saturated rings. The summed E-state index contributed by atoms with van der Waals surface area (Å²) in [4.78, 5) is 25.5. The van der Waals surface area contributed by atoms with Gasteiger partial charge in [-0.3, -0.25) is 4.79 Å². The van der Waals surface area contributed by atoms with Crippen LogP contribution in [0.4, 0.5) is 5.69 Å². The average molecular weight is 262 g/mol. The molecule has 0 radical (unpaired) electrons. The van der Waals surface area contributed by atoms with Crippen LogP contribution < -0.4 is 10.1 Å². The molecular formula is C13H14N2O4. The third-order valence-corrected chi connectivity index (χ3v) is 2.65. The number of esters is 1. The third kappa shape index (κ3) is 2.52. The molecule has 0 unspecified atom stereocenters. The quantitative estimate of drug-likeness (QED) is 0.828. The Morgan fingerprint density at radius 2 is 1.95 bits per heavy atom. The Bertz CT molecular complexity index is 645.